The first-order chi connectivity index (χ1) is 10.6. The van der Waals surface area contributed by atoms with E-state index in [1.807, 2.05) is 0 Å². The van der Waals surface area contributed by atoms with Gasteiger partial charge in [-0.25, -0.2) is 0 Å². The van der Waals surface area contributed by atoms with Gasteiger partial charge in [0.05, 0.1) is 20.7 Å². The van der Waals surface area contributed by atoms with Crippen LogP contribution in [0.25, 0.3) is 0 Å². The third-order valence-electron chi connectivity index (χ3n) is 6.51. The average molecular weight is 300 g/mol. The molecule has 4 bridgehead atoms. The number of hydrogen-bond acceptors (Lipinski definition) is 1. The zero-order valence-electron chi connectivity index (χ0n) is 14.1. The van der Waals surface area contributed by atoms with Crippen LogP contribution >= 0.6 is 0 Å². The Morgan fingerprint density at radius 3 is 2.05 bits per heavy atom. The molecule has 0 saturated heterocycles. The lowest BCUT2D eigenvalue weighted by molar-refractivity contribution is -0.901. The topological polar surface area (TPSA) is 13.7 Å². The van der Waals surface area contributed by atoms with Gasteiger partial charge in [-0.15, -0.1) is 0 Å². The highest BCUT2D eigenvalue weighted by molar-refractivity contribution is 5.26. The quantitative estimate of drug-likeness (QED) is 0.883. The molecular weight excluding hydrogens is 270 g/mol. The van der Waals surface area contributed by atoms with E-state index in [4.69, 9.17) is 4.74 Å². The van der Waals surface area contributed by atoms with Gasteiger partial charge in [-0.1, -0.05) is 0 Å². The van der Waals surface area contributed by atoms with Gasteiger partial charge in [0.25, 0.3) is 0 Å². The molecule has 1 N–H and O–H groups in total. The number of benzene rings is 1. The van der Waals surface area contributed by atoms with Crippen LogP contribution in [0, 0.1) is 23.2 Å². The molecule has 0 aliphatic heterocycles. The van der Waals surface area contributed by atoms with E-state index < -0.39 is 0 Å². The van der Waals surface area contributed by atoms with Crippen molar-refractivity contribution in [2.75, 3.05) is 20.7 Å². The van der Waals surface area contributed by atoms with Gasteiger partial charge in [0.15, 0.2) is 0 Å². The Balaban J connectivity index is 1.40. The summed E-state index contributed by atoms with van der Waals surface area (Å²) in [5.41, 5.74) is 2.12. The fraction of sp³-hybridized carbons (Fsp3) is 0.700. The molecule has 1 unspecified atom stereocenters. The van der Waals surface area contributed by atoms with E-state index in [0.717, 1.165) is 30.0 Å². The van der Waals surface area contributed by atoms with Gasteiger partial charge in [0.1, 0.15) is 12.3 Å². The molecule has 120 valence electrons. The number of ether oxygens (including phenoxy) is 1. The third kappa shape index (κ3) is 2.78. The molecule has 1 atom stereocenters. The van der Waals surface area contributed by atoms with E-state index in [1.54, 1.807) is 31.3 Å². The Kier molecular flexibility index (Phi) is 3.68. The largest absolute Gasteiger partial charge is 0.497 e. The first-order valence-electron chi connectivity index (χ1n) is 9.08. The maximum atomic E-state index is 5.26. The smallest absolute Gasteiger partial charge is 0.118 e. The second-order valence-corrected chi connectivity index (χ2v) is 8.58. The number of nitrogens with one attached hydrogen (secondary N) is 1. The van der Waals surface area contributed by atoms with E-state index in [2.05, 4.69) is 31.3 Å². The van der Waals surface area contributed by atoms with Crippen molar-refractivity contribution in [3.05, 3.63) is 29.8 Å². The van der Waals surface area contributed by atoms with Crippen LogP contribution in [0.3, 0.4) is 0 Å². The van der Waals surface area contributed by atoms with Crippen molar-refractivity contribution < 1.29 is 9.64 Å². The number of methoxy groups -OCH3 is 1. The third-order valence-corrected chi connectivity index (χ3v) is 6.51. The van der Waals surface area contributed by atoms with E-state index in [0.29, 0.717) is 5.41 Å². The highest BCUT2D eigenvalue weighted by atomic mass is 16.5. The van der Waals surface area contributed by atoms with E-state index in [-0.39, 0.29) is 0 Å². The van der Waals surface area contributed by atoms with Crippen LogP contribution < -0.4 is 9.64 Å². The number of hydrogen-bond donors (Lipinski definition) is 1. The first kappa shape index (κ1) is 14.6. The maximum Gasteiger partial charge on any atom is 0.118 e. The summed E-state index contributed by atoms with van der Waals surface area (Å²) in [6.07, 6.45) is 9.24. The predicted molar refractivity (Wildman–Crippen MR) is 89.1 cm³/mol. The second-order valence-electron chi connectivity index (χ2n) is 8.58. The van der Waals surface area contributed by atoms with Crippen LogP contribution in [0.2, 0.25) is 0 Å². The molecule has 4 fully saturated rings. The average Bonchev–Trinajstić information content (AvgIpc) is 2.45. The van der Waals surface area contributed by atoms with Crippen molar-refractivity contribution in [3.8, 4) is 5.75 Å². The summed E-state index contributed by atoms with van der Waals surface area (Å²) in [6, 6.07) is 8.63. The monoisotopic (exact) mass is 300 g/mol. The van der Waals surface area contributed by atoms with Crippen LogP contribution in [-0.4, -0.2) is 20.7 Å². The molecule has 1 aromatic rings. The van der Waals surface area contributed by atoms with Crippen molar-refractivity contribution in [2.45, 2.75) is 45.1 Å². The van der Waals surface area contributed by atoms with E-state index in [1.165, 1.54) is 31.4 Å². The molecule has 5 rings (SSSR count). The van der Waals surface area contributed by atoms with Crippen LogP contribution in [0.4, 0.5) is 0 Å². The van der Waals surface area contributed by atoms with Crippen LogP contribution in [0.1, 0.15) is 44.1 Å². The van der Waals surface area contributed by atoms with Crippen molar-refractivity contribution in [2.24, 2.45) is 23.2 Å². The highest BCUT2D eigenvalue weighted by Gasteiger charge is 2.52. The van der Waals surface area contributed by atoms with E-state index in [9.17, 15) is 0 Å². The molecular formula is C20H30NO+. The normalized spacial score (nSPS) is 37.3. The summed E-state index contributed by atoms with van der Waals surface area (Å²) in [5, 5.41) is 0. The molecule has 4 aliphatic carbocycles. The van der Waals surface area contributed by atoms with Crippen molar-refractivity contribution in [1.82, 2.24) is 0 Å². The SMILES string of the molecule is COc1ccc(C[NH+](C)CC23CC4CC(CC(C4)C2)C3)cc1. The summed E-state index contributed by atoms with van der Waals surface area (Å²) in [5.74, 6) is 4.17. The molecule has 2 nitrogen and oxygen atoms in total. The van der Waals surface area contributed by atoms with Gasteiger partial charge in [-0.2, -0.15) is 0 Å². The van der Waals surface area contributed by atoms with Crippen LogP contribution in [0.15, 0.2) is 24.3 Å². The van der Waals surface area contributed by atoms with Crippen LogP contribution in [-0.2, 0) is 6.54 Å². The molecule has 1 aromatic carbocycles. The lowest BCUT2D eigenvalue weighted by Gasteiger charge is -2.56. The second kappa shape index (κ2) is 5.56. The summed E-state index contributed by atoms with van der Waals surface area (Å²) in [6.45, 7) is 2.52. The molecule has 22 heavy (non-hydrogen) atoms. The van der Waals surface area contributed by atoms with Gasteiger partial charge < -0.3 is 9.64 Å². The van der Waals surface area contributed by atoms with Gasteiger partial charge >= 0.3 is 0 Å². The molecule has 0 amide bonds. The first-order valence-corrected chi connectivity index (χ1v) is 9.08. The lowest BCUT2D eigenvalue weighted by atomic mass is 9.49. The minimum Gasteiger partial charge on any atom is -0.497 e. The van der Waals surface area contributed by atoms with Gasteiger partial charge in [0, 0.05) is 11.0 Å². The summed E-state index contributed by atoms with van der Waals surface area (Å²) in [4.78, 5) is 1.69. The van der Waals surface area contributed by atoms with Gasteiger partial charge in [-0.05, 0) is 80.5 Å². The summed E-state index contributed by atoms with van der Waals surface area (Å²) in [7, 11) is 4.13. The summed E-state index contributed by atoms with van der Waals surface area (Å²) < 4.78 is 5.26. The number of quaternary nitrogens is 1. The molecule has 0 aromatic heterocycles. The summed E-state index contributed by atoms with van der Waals surface area (Å²) >= 11 is 0. The molecule has 2 heteroatoms. The number of rotatable bonds is 5. The Bertz CT molecular complexity index is 486. The van der Waals surface area contributed by atoms with Crippen molar-refractivity contribution in [3.63, 3.8) is 0 Å². The molecule has 0 spiro atoms. The molecule has 0 radical (unpaired) electrons. The molecule has 0 heterocycles. The standard InChI is InChI=1S/C20H29NO/c1-21(13-15-3-5-19(22-2)6-4-15)14-20-10-16-7-17(11-20)9-18(8-16)12-20/h3-6,16-18H,7-14H2,1-2H3/p+1. The van der Waals surface area contributed by atoms with Crippen molar-refractivity contribution >= 4 is 0 Å². The van der Waals surface area contributed by atoms with Gasteiger partial charge in [-0.3, -0.25) is 0 Å². The molecule has 4 saturated carbocycles. The molecule has 4 aliphatic rings. The minimum atomic E-state index is 0.686. The van der Waals surface area contributed by atoms with Crippen molar-refractivity contribution in [1.29, 1.82) is 0 Å². The zero-order valence-corrected chi connectivity index (χ0v) is 14.1. The van der Waals surface area contributed by atoms with Crippen LogP contribution in [0.5, 0.6) is 5.75 Å². The lowest BCUT2D eigenvalue weighted by Crippen LogP contribution is -3.09. The Hall–Kier alpha value is -1.02. The Morgan fingerprint density at radius 2 is 1.55 bits per heavy atom. The Morgan fingerprint density at radius 1 is 1.00 bits per heavy atom. The highest BCUT2D eigenvalue weighted by Crippen LogP contribution is 2.59. The minimum absolute atomic E-state index is 0.686. The maximum absolute atomic E-state index is 5.26. The Labute approximate surface area is 134 Å². The van der Waals surface area contributed by atoms with Gasteiger partial charge in [0.2, 0.25) is 0 Å². The zero-order chi connectivity index (χ0) is 15.2. The fourth-order valence-electron chi connectivity index (χ4n) is 6.30. The fourth-order valence-corrected chi connectivity index (χ4v) is 6.30. The van der Waals surface area contributed by atoms with E-state index >= 15 is 0 Å². The predicted octanol–water partition coefficient (Wildman–Crippen LogP) is 2.93.